The maximum Gasteiger partial charge on any atom is 0.220 e. The van der Waals surface area contributed by atoms with Crippen LogP contribution >= 0.6 is 0 Å². The molecule has 0 saturated heterocycles. The van der Waals surface area contributed by atoms with E-state index in [0.29, 0.717) is 6.42 Å². The molecule has 0 rings (SSSR count). The molecule has 0 aromatic rings. The highest BCUT2D eigenvalue weighted by atomic mass is 16.3. The van der Waals surface area contributed by atoms with E-state index in [4.69, 9.17) is 0 Å². The number of nitrogens with one attached hydrogen (secondary N) is 1. The summed E-state index contributed by atoms with van der Waals surface area (Å²) in [4.78, 5) is 12.4. The molecule has 2 atom stereocenters. The van der Waals surface area contributed by atoms with Gasteiger partial charge in [0.1, 0.15) is 0 Å². The molecule has 0 spiro atoms. The number of hydrogen-bond donors (Lipinski definition) is 3. The molecule has 0 fully saturated rings. The van der Waals surface area contributed by atoms with Crippen LogP contribution in [0.25, 0.3) is 0 Å². The number of amides is 1. The van der Waals surface area contributed by atoms with Crippen LogP contribution in [0.3, 0.4) is 0 Å². The van der Waals surface area contributed by atoms with Gasteiger partial charge in [0.25, 0.3) is 0 Å². The summed E-state index contributed by atoms with van der Waals surface area (Å²) in [5, 5.41) is 23.0. The normalized spacial score (nSPS) is 13.1. The first-order valence-corrected chi connectivity index (χ1v) is 25.7. The molecule has 0 bridgehead atoms. The Balaban J connectivity index is 3.43. The minimum atomic E-state index is -0.859. The van der Waals surface area contributed by atoms with Gasteiger partial charge in [-0.15, -0.1) is 0 Å². The summed E-state index contributed by atoms with van der Waals surface area (Å²) in [7, 11) is 0. The molecule has 0 saturated carbocycles. The number of aliphatic hydroxyl groups is 2. The fourth-order valence-corrected chi connectivity index (χ4v) is 7.90. The molecule has 3 N–H and O–H groups in total. The molecular formula is C53H101NO3. The number of carbonyl (C=O) groups is 1. The van der Waals surface area contributed by atoms with Crippen molar-refractivity contribution in [2.75, 3.05) is 6.61 Å². The molecule has 4 nitrogen and oxygen atoms in total. The lowest BCUT2D eigenvalue weighted by Crippen LogP contribution is -2.45. The SMILES string of the molecule is CCCCCCCC/C=C/CC/C=C/C(O)C(CO)NC(=O)CCCCCCCCCCCCCCCCCCC/C=C\CCCCCCCCCCCCCC. The third-order valence-corrected chi connectivity index (χ3v) is 11.8. The fourth-order valence-electron chi connectivity index (χ4n) is 7.90. The Morgan fingerprint density at radius 2 is 0.684 bits per heavy atom. The van der Waals surface area contributed by atoms with Crippen molar-refractivity contribution in [3.05, 3.63) is 36.5 Å². The quantitative estimate of drug-likeness (QED) is 0.0424. The number of aliphatic hydroxyl groups excluding tert-OH is 2. The van der Waals surface area contributed by atoms with Crippen molar-refractivity contribution in [1.29, 1.82) is 0 Å². The molecule has 1 amide bonds. The van der Waals surface area contributed by atoms with Gasteiger partial charge in [-0.2, -0.15) is 0 Å². The minimum absolute atomic E-state index is 0.0717. The zero-order valence-electron chi connectivity index (χ0n) is 38.6. The number of allylic oxidation sites excluding steroid dienone is 5. The smallest absolute Gasteiger partial charge is 0.220 e. The Morgan fingerprint density at radius 3 is 1.02 bits per heavy atom. The van der Waals surface area contributed by atoms with Gasteiger partial charge in [-0.3, -0.25) is 4.79 Å². The van der Waals surface area contributed by atoms with E-state index < -0.39 is 12.1 Å². The fraction of sp³-hybridized carbons (Fsp3) is 0.868. The summed E-state index contributed by atoms with van der Waals surface area (Å²) < 4.78 is 0. The summed E-state index contributed by atoms with van der Waals surface area (Å²) in [5.74, 6) is -0.0717. The van der Waals surface area contributed by atoms with Crippen LogP contribution in [0, 0.1) is 0 Å². The van der Waals surface area contributed by atoms with Crippen molar-refractivity contribution >= 4 is 5.91 Å². The van der Waals surface area contributed by atoms with Crippen LogP contribution in [0.15, 0.2) is 36.5 Å². The van der Waals surface area contributed by atoms with E-state index in [9.17, 15) is 15.0 Å². The topological polar surface area (TPSA) is 69.6 Å². The van der Waals surface area contributed by atoms with E-state index in [0.717, 1.165) is 32.1 Å². The monoisotopic (exact) mass is 800 g/mol. The molecule has 4 heteroatoms. The summed E-state index contributed by atoms with van der Waals surface area (Å²) in [6.07, 6.45) is 65.9. The Labute approximate surface area is 357 Å². The molecule has 2 unspecified atom stereocenters. The Kier molecular flexibility index (Phi) is 47.8. The molecule has 0 aliphatic carbocycles. The Morgan fingerprint density at radius 1 is 0.404 bits per heavy atom. The summed E-state index contributed by atoms with van der Waals surface area (Å²) >= 11 is 0. The second-order valence-electron chi connectivity index (χ2n) is 17.6. The van der Waals surface area contributed by atoms with Gasteiger partial charge in [-0.05, 0) is 57.8 Å². The van der Waals surface area contributed by atoms with E-state index in [2.05, 4.69) is 43.5 Å². The maximum absolute atomic E-state index is 12.4. The maximum atomic E-state index is 12.4. The van der Waals surface area contributed by atoms with Gasteiger partial charge in [-0.25, -0.2) is 0 Å². The molecule has 0 aromatic carbocycles. The van der Waals surface area contributed by atoms with Crippen molar-refractivity contribution in [2.24, 2.45) is 0 Å². The molecule has 336 valence electrons. The number of carbonyl (C=O) groups excluding carboxylic acids is 1. The highest BCUT2D eigenvalue weighted by molar-refractivity contribution is 5.76. The van der Waals surface area contributed by atoms with Crippen LogP contribution in [0.2, 0.25) is 0 Å². The van der Waals surface area contributed by atoms with Crippen LogP contribution in [-0.4, -0.2) is 34.9 Å². The van der Waals surface area contributed by atoms with E-state index in [-0.39, 0.29) is 12.5 Å². The zero-order chi connectivity index (χ0) is 41.4. The lowest BCUT2D eigenvalue weighted by molar-refractivity contribution is -0.123. The summed E-state index contributed by atoms with van der Waals surface area (Å²) in [6, 6.07) is -0.636. The predicted octanol–water partition coefficient (Wildman–Crippen LogP) is 16.5. The van der Waals surface area contributed by atoms with Crippen molar-refractivity contribution in [3.63, 3.8) is 0 Å². The Hall–Kier alpha value is -1.39. The lowest BCUT2D eigenvalue weighted by atomic mass is 10.0. The third kappa shape index (κ3) is 45.5. The second kappa shape index (κ2) is 49.0. The van der Waals surface area contributed by atoms with Crippen LogP contribution in [0.5, 0.6) is 0 Å². The van der Waals surface area contributed by atoms with Crippen molar-refractivity contribution in [3.8, 4) is 0 Å². The minimum Gasteiger partial charge on any atom is -0.394 e. The predicted molar refractivity (Wildman–Crippen MR) is 253 cm³/mol. The first-order chi connectivity index (χ1) is 28.2. The number of unbranched alkanes of at least 4 members (excludes halogenated alkanes) is 36. The van der Waals surface area contributed by atoms with E-state index in [1.165, 1.54) is 225 Å². The molecule has 57 heavy (non-hydrogen) atoms. The van der Waals surface area contributed by atoms with E-state index in [1.807, 2.05) is 6.08 Å². The van der Waals surface area contributed by atoms with Crippen molar-refractivity contribution in [2.45, 2.75) is 289 Å². The molecule has 0 radical (unpaired) electrons. The first kappa shape index (κ1) is 55.6. The van der Waals surface area contributed by atoms with E-state index in [1.54, 1.807) is 6.08 Å². The molecule has 0 aromatic heterocycles. The van der Waals surface area contributed by atoms with Crippen molar-refractivity contribution < 1.29 is 15.0 Å². The molecular weight excluding hydrogens is 699 g/mol. The van der Waals surface area contributed by atoms with Gasteiger partial charge in [0.05, 0.1) is 18.8 Å². The van der Waals surface area contributed by atoms with Crippen molar-refractivity contribution in [1.82, 2.24) is 5.32 Å². The number of rotatable bonds is 47. The van der Waals surface area contributed by atoms with Gasteiger partial charge in [0.15, 0.2) is 0 Å². The molecule has 0 aliphatic heterocycles. The third-order valence-electron chi connectivity index (χ3n) is 11.8. The zero-order valence-corrected chi connectivity index (χ0v) is 38.6. The average molecular weight is 800 g/mol. The van der Waals surface area contributed by atoms with E-state index >= 15 is 0 Å². The summed E-state index contributed by atoms with van der Waals surface area (Å²) in [5.41, 5.74) is 0. The highest BCUT2D eigenvalue weighted by Crippen LogP contribution is 2.16. The van der Waals surface area contributed by atoms with Crippen LogP contribution in [0.1, 0.15) is 277 Å². The standard InChI is InChI=1S/C53H101NO3/c1-3-5-7-9-11-13-15-17-18-19-20-21-22-23-24-25-26-27-28-29-30-31-32-33-34-35-36-37-39-41-43-45-47-49-53(57)54-51(50-55)52(56)48-46-44-42-40-38-16-14-12-10-8-6-4-2/h23-24,38,40,46,48,51-52,55-56H,3-22,25-37,39,41-45,47,49-50H2,1-2H3,(H,54,57)/b24-23-,40-38+,48-46+. The highest BCUT2D eigenvalue weighted by Gasteiger charge is 2.17. The van der Waals surface area contributed by atoms with Gasteiger partial charge >= 0.3 is 0 Å². The van der Waals surface area contributed by atoms with Gasteiger partial charge in [0.2, 0.25) is 5.91 Å². The van der Waals surface area contributed by atoms with Crippen LogP contribution in [0.4, 0.5) is 0 Å². The van der Waals surface area contributed by atoms with Crippen LogP contribution in [-0.2, 0) is 4.79 Å². The number of hydrogen-bond acceptors (Lipinski definition) is 3. The van der Waals surface area contributed by atoms with Crippen LogP contribution < -0.4 is 5.32 Å². The molecule has 0 aliphatic rings. The summed E-state index contributed by atoms with van der Waals surface area (Å²) in [6.45, 7) is 4.30. The molecule has 0 heterocycles. The Bertz CT molecular complexity index is 866. The second-order valence-corrected chi connectivity index (χ2v) is 17.6. The first-order valence-electron chi connectivity index (χ1n) is 25.7. The largest absolute Gasteiger partial charge is 0.394 e. The lowest BCUT2D eigenvalue weighted by Gasteiger charge is -2.19. The van der Waals surface area contributed by atoms with Gasteiger partial charge in [0, 0.05) is 6.42 Å². The average Bonchev–Trinajstić information content (AvgIpc) is 3.22. The van der Waals surface area contributed by atoms with Gasteiger partial charge < -0.3 is 15.5 Å². The van der Waals surface area contributed by atoms with Gasteiger partial charge in [-0.1, -0.05) is 249 Å².